The summed E-state index contributed by atoms with van der Waals surface area (Å²) in [5, 5.41) is 8.09. The van der Waals surface area contributed by atoms with E-state index in [1.807, 2.05) is 47.2 Å². The first-order chi connectivity index (χ1) is 12.8. The van der Waals surface area contributed by atoms with E-state index in [0.29, 0.717) is 5.25 Å². The van der Waals surface area contributed by atoms with Gasteiger partial charge < -0.3 is 4.57 Å². The molecule has 130 valence electrons. The molecule has 5 rings (SSSR count). The third-order valence-corrected chi connectivity index (χ3v) is 6.67. The highest BCUT2D eigenvalue weighted by Gasteiger charge is 2.25. The lowest BCUT2D eigenvalue weighted by atomic mass is 10.0. The zero-order valence-electron chi connectivity index (χ0n) is 14.0. The summed E-state index contributed by atoms with van der Waals surface area (Å²) >= 11 is 0. The van der Waals surface area contributed by atoms with Crippen molar-refractivity contribution >= 4 is 21.8 Å². The highest BCUT2D eigenvalue weighted by atomic mass is 32.2. The Morgan fingerprint density at radius 3 is 2.85 bits per heavy atom. The number of nitrogens with zero attached hydrogens (tertiary/aromatic N) is 4. The van der Waals surface area contributed by atoms with E-state index in [1.165, 1.54) is 12.7 Å². The summed E-state index contributed by atoms with van der Waals surface area (Å²) in [6, 6.07) is 12.1. The van der Waals surface area contributed by atoms with Crippen molar-refractivity contribution in [1.82, 2.24) is 24.7 Å². The van der Waals surface area contributed by atoms with Gasteiger partial charge in [0.25, 0.3) is 0 Å². The minimum absolute atomic E-state index is 0.301. The number of H-pyrrole nitrogens is 1. The van der Waals surface area contributed by atoms with Crippen LogP contribution >= 0.6 is 0 Å². The van der Waals surface area contributed by atoms with E-state index in [-0.39, 0.29) is 0 Å². The van der Waals surface area contributed by atoms with Crippen molar-refractivity contribution in [3.05, 3.63) is 55.1 Å². The van der Waals surface area contributed by atoms with Crippen LogP contribution in [0.5, 0.6) is 0 Å². The Labute approximate surface area is 152 Å². The number of nitrogens with one attached hydrogen (secondary N) is 1. The largest absolute Gasteiger partial charge is 0.301 e. The van der Waals surface area contributed by atoms with E-state index in [1.54, 1.807) is 6.20 Å². The molecule has 0 unspecified atom stereocenters. The van der Waals surface area contributed by atoms with Crippen molar-refractivity contribution in [2.24, 2.45) is 0 Å². The van der Waals surface area contributed by atoms with Crippen molar-refractivity contribution in [3.8, 4) is 17.1 Å². The van der Waals surface area contributed by atoms with E-state index >= 15 is 0 Å². The highest BCUT2D eigenvalue weighted by Crippen LogP contribution is 2.29. The Hall–Kier alpha value is -2.80. The molecule has 3 heterocycles. The third kappa shape index (κ3) is 2.55. The molecular weight excluding hydrogens is 346 g/mol. The van der Waals surface area contributed by atoms with Gasteiger partial charge in [0, 0.05) is 34.3 Å². The first kappa shape index (κ1) is 15.5. The van der Waals surface area contributed by atoms with Crippen molar-refractivity contribution < 1.29 is 4.21 Å². The molecular formula is C19H17N5OS. The smallest absolute Gasteiger partial charge is 0.155 e. The van der Waals surface area contributed by atoms with Crippen molar-refractivity contribution in [2.45, 2.75) is 29.4 Å². The van der Waals surface area contributed by atoms with Gasteiger partial charge in [0.15, 0.2) is 5.82 Å². The first-order valence-electron chi connectivity index (χ1n) is 8.63. The van der Waals surface area contributed by atoms with Crippen LogP contribution in [0.4, 0.5) is 0 Å². The second-order valence-corrected chi connectivity index (χ2v) is 8.24. The van der Waals surface area contributed by atoms with Crippen LogP contribution in [0.3, 0.4) is 0 Å². The average molecular weight is 363 g/mol. The molecule has 0 saturated heterocycles. The molecule has 0 bridgehead atoms. The van der Waals surface area contributed by atoms with Gasteiger partial charge in [-0.05, 0) is 37.1 Å². The fourth-order valence-corrected chi connectivity index (χ4v) is 4.79. The molecule has 3 aromatic heterocycles. The van der Waals surface area contributed by atoms with Gasteiger partial charge in [0.2, 0.25) is 0 Å². The van der Waals surface area contributed by atoms with Crippen molar-refractivity contribution in [1.29, 1.82) is 0 Å². The quantitative estimate of drug-likeness (QED) is 0.602. The summed E-state index contributed by atoms with van der Waals surface area (Å²) in [5.74, 6) is 0.731. The summed E-state index contributed by atoms with van der Waals surface area (Å²) in [7, 11) is -0.948. The maximum absolute atomic E-state index is 12.6. The van der Waals surface area contributed by atoms with E-state index in [9.17, 15) is 4.21 Å². The average Bonchev–Trinajstić information content (AvgIpc) is 3.29. The Kier molecular flexibility index (Phi) is 3.67. The van der Waals surface area contributed by atoms with Gasteiger partial charge in [0.1, 0.15) is 12.0 Å². The van der Waals surface area contributed by atoms with Crippen LogP contribution < -0.4 is 0 Å². The van der Waals surface area contributed by atoms with Crippen LogP contribution in [0.2, 0.25) is 0 Å². The lowest BCUT2D eigenvalue weighted by Crippen LogP contribution is -2.23. The van der Waals surface area contributed by atoms with Crippen LogP contribution in [0.15, 0.2) is 60.0 Å². The Bertz CT molecular complexity index is 1100. The number of hydrogen-bond acceptors (Lipinski definition) is 4. The Morgan fingerprint density at radius 2 is 2.08 bits per heavy atom. The number of hydrogen-bond donors (Lipinski definition) is 1. The van der Waals surface area contributed by atoms with Gasteiger partial charge in [0.05, 0.1) is 15.7 Å². The first-order valence-corrected chi connectivity index (χ1v) is 9.85. The van der Waals surface area contributed by atoms with Crippen LogP contribution in [0, 0.1) is 0 Å². The predicted molar refractivity (Wildman–Crippen MR) is 100 cm³/mol. The van der Waals surface area contributed by atoms with Crippen molar-refractivity contribution in [2.75, 3.05) is 0 Å². The zero-order valence-corrected chi connectivity index (χ0v) is 14.8. The van der Waals surface area contributed by atoms with Gasteiger partial charge in [-0.25, -0.2) is 9.97 Å². The minimum Gasteiger partial charge on any atom is -0.301 e. The Balaban J connectivity index is 1.54. The van der Waals surface area contributed by atoms with E-state index < -0.39 is 10.8 Å². The molecule has 1 aromatic carbocycles. The second-order valence-electron chi connectivity index (χ2n) is 6.50. The topological polar surface area (TPSA) is 76.5 Å². The van der Waals surface area contributed by atoms with E-state index in [0.717, 1.165) is 45.8 Å². The molecule has 1 saturated carbocycles. The van der Waals surface area contributed by atoms with Crippen LogP contribution in [-0.2, 0) is 10.8 Å². The fraction of sp³-hybridized carbons (Fsp3) is 0.211. The molecule has 1 atom stereocenters. The molecule has 4 aromatic rings. The predicted octanol–water partition coefficient (Wildman–Crippen LogP) is 3.47. The maximum atomic E-state index is 12.6. The summed E-state index contributed by atoms with van der Waals surface area (Å²) in [6.07, 6.45) is 8.54. The molecule has 1 fully saturated rings. The number of pyridine rings is 1. The lowest BCUT2D eigenvalue weighted by molar-refractivity contribution is 0.505. The molecule has 1 N–H and O–H groups in total. The zero-order chi connectivity index (χ0) is 17.5. The monoisotopic (exact) mass is 363 g/mol. The molecule has 0 amide bonds. The number of aromatic amines is 1. The van der Waals surface area contributed by atoms with Crippen LogP contribution in [0.1, 0.15) is 19.3 Å². The summed E-state index contributed by atoms with van der Waals surface area (Å²) in [6.45, 7) is 0. The SMILES string of the molecule is O=[S@](c1cnc2c(ccn2-c2cccc(-c3ncn[nH]3)c2)c1)C1CCC1. The van der Waals surface area contributed by atoms with Crippen LogP contribution in [-0.4, -0.2) is 34.2 Å². The standard InChI is InChI=1S/C19H17N5OS/c25-26(16-5-2-6-16)17-10-14-7-8-24(19(14)20-11-17)15-4-1-3-13(9-15)18-21-12-22-23-18/h1,3-4,7-12,16H,2,5-6H2,(H,21,22,23)/t26-/m0/s1. The summed E-state index contributed by atoms with van der Waals surface area (Å²) in [5.41, 5.74) is 2.81. The maximum Gasteiger partial charge on any atom is 0.155 e. The van der Waals surface area contributed by atoms with E-state index in [2.05, 4.69) is 20.2 Å². The minimum atomic E-state index is -0.948. The fourth-order valence-electron chi connectivity index (χ4n) is 3.25. The molecule has 6 nitrogen and oxygen atoms in total. The number of benzene rings is 1. The molecule has 1 aliphatic carbocycles. The summed E-state index contributed by atoms with van der Waals surface area (Å²) < 4.78 is 14.6. The number of rotatable bonds is 4. The number of fused-ring (bicyclic) bond motifs is 1. The second kappa shape index (κ2) is 6.17. The highest BCUT2D eigenvalue weighted by molar-refractivity contribution is 7.85. The summed E-state index contributed by atoms with van der Waals surface area (Å²) in [4.78, 5) is 9.64. The molecule has 0 aliphatic heterocycles. The molecule has 7 heteroatoms. The molecule has 0 spiro atoms. The van der Waals surface area contributed by atoms with Crippen LogP contribution in [0.25, 0.3) is 28.1 Å². The van der Waals surface area contributed by atoms with Gasteiger partial charge in [-0.1, -0.05) is 18.6 Å². The third-order valence-electron chi connectivity index (χ3n) is 4.90. The van der Waals surface area contributed by atoms with Gasteiger partial charge in [-0.3, -0.25) is 9.31 Å². The van der Waals surface area contributed by atoms with Gasteiger partial charge in [-0.2, -0.15) is 5.10 Å². The molecule has 26 heavy (non-hydrogen) atoms. The van der Waals surface area contributed by atoms with E-state index in [4.69, 9.17) is 0 Å². The lowest BCUT2D eigenvalue weighted by Gasteiger charge is -2.24. The number of aromatic nitrogens is 5. The molecule has 0 radical (unpaired) electrons. The Morgan fingerprint density at radius 1 is 1.15 bits per heavy atom. The van der Waals surface area contributed by atoms with Gasteiger partial charge in [-0.15, -0.1) is 0 Å². The van der Waals surface area contributed by atoms with Crippen molar-refractivity contribution in [3.63, 3.8) is 0 Å². The molecule has 1 aliphatic rings. The van der Waals surface area contributed by atoms with Gasteiger partial charge >= 0.3 is 0 Å². The normalized spacial score (nSPS) is 15.8.